The summed E-state index contributed by atoms with van der Waals surface area (Å²) in [5, 5.41) is 2.74. The zero-order valence-electron chi connectivity index (χ0n) is 9.36. The maximum absolute atomic E-state index is 11.6. The molecule has 0 saturated carbocycles. The highest BCUT2D eigenvalue weighted by Gasteiger charge is 2.13. The van der Waals surface area contributed by atoms with Gasteiger partial charge in [0.05, 0.1) is 0 Å². The number of ether oxygens (including phenoxy) is 1. The van der Waals surface area contributed by atoms with Crippen molar-refractivity contribution in [3.8, 4) is 0 Å². The molecule has 1 atom stereocenters. The Morgan fingerprint density at radius 1 is 1.62 bits per heavy atom. The Kier molecular flexibility index (Phi) is 4.72. The van der Waals surface area contributed by atoms with E-state index >= 15 is 0 Å². The fourth-order valence-electron chi connectivity index (χ4n) is 1.20. The van der Waals surface area contributed by atoms with Crippen molar-refractivity contribution in [2.75, 3.05) is 13.7 Å². The van der Waals surface area contributed by atoms with Crippen molar-refractivity contribution >= 4 is 12.2 Å². The zero-order valence-corrected chi connectivity index (χ0v) is 9.36. The number of amides is 1. The molecule has 1 aromatic heterocycles. The van der Waals surface area contributed by atoms with Gasteiger partial charge in [-0.25, -0.2) is 0 Å². The molecule has 0 spiro atoms. The van der Waals surface area contributed by atoms with E-state index in [9.17, 15) is 9.59 Å². The number of aldehydes is 1. The topological polar surface area (TPSA) is 68.5 Å². The number of nitrogens with one attached hydrogen (secondary N) is 1. The summed E-state index contributed by atoms with van der Waals surface area (Å²) in [5.41, 5.74) is 0. The SMILES string of the molecule is COCCC(C)NC(=O)c1ccc(C=O)o1. The fourth-order valence-corrected chi connectivity index (χ4v) is 1.20. The molecule has 88 valence electrons. The van der Waals surface area contributed by atoms with E-state index in [-0.39, 0.29) is 23.5 Å². The summed E-state index contributed by atoms with van der Waals surface area (Å²) in [5.74, 6) is -0.0298. The quantitative estimate of drug-likeness (QED) is 0.740. The summed E-state index contributed by atoms with van der Waals surface area (Å²) < 4.78 is 9.89. The Balaban J connectivity index is 2.48. The molecule has 1 amide bonds. The average molecular weight is 225 g/mol. The number of furan rings is 1. The highest BCUT2D eigenvalue weighted by molar-refractivity contribution is 5.92. The van der Waals surface area contributed by atoms with E-state index in [1.54, 1.807) is 7.11 Å². The van der Waals surface area contributed by atoms with Crippen molar-refractivity contribution < 1.29 is 18.7 Å². The number of carbonyl (C=O) groups excluding carboxylic acids is 2. The molecule has 0 aliphatic carbocycles. The first-order valence-electron chi connectivity index (χ1n) is 5.02. The van der Waals surface area contributed by atoms with Crippen LogP contribution in [0.3, 0.4) is 0 Å². The van der Waals surface area contributed by atoms with Crippen LogP contribution in [-0.2, 0) is 4.74 Å². The predicted octanol–water partition coefficient (Wildman–Crippen LogP) is 1.25. The molecule has 1 unspecified atom stereocenters. The number of hydrogen-bond acceptors (Lipinski definition) is 4. The Morgan fingerprint density at radius 3 is 2.94 bits per heavy atom. The molecule has 0 fully saturated rings. The Morgan fingerprint density at radius 2 is 2.38 bits per heavy atom. The van der Waals surface area contributed by atoms with Gasteiger partial charge < -0.3 is 14.5 Å². The largest absolute Gasteiger partial charge is 0.448 e. The van der Waals surface area contributed by atoms with Gasteiger partial charge in [0.25, 0.3) is 5.91 Å². The Hall–Kier alpha value is -1.62. The first kappa shape index (κ1) is 12.4. The highest BCUT2D eigenvalue weighted by atomic mass is 16.5. The van der Waals surface area contributed by atoms with Gasteiger partial charge in [0.2, 0.25) is 0 Å². The van der Waals surface area contributed by atoms with Crippen LogP contribution >= 0.6 is 0 Å². The Bertz CT molecular complexity index is 359. The van der Waals surface area contributed by atoms with Gasteiger partial charge in [0.15, 0.2) is 17.8 Å². The summed E-state index contributed by atoms with van der Waals surface area (Å²) in [6, 6.07) is 2.93. The molecule has 16 heavy (non-hydrogen) atoms. The van der Waals surface area contributed by atoms with Gasteiger partial charge in [0.1, 0.15) is 0 Å². The minimum atomic E-state index is -0.322. The smallest absolute Gasteiger partial charge is 0.287 e. The van der Waals surface area contributed by atoms with E-state index in [1.807, 2.05) is 6.92 Å². The normalized spacial score (nSPS) is 12.1. The predicted molar refractivity (Wildman–Crippen MR) is 57.5 cm³/mol. The van der Waals surface area contributed by atoms with Gasteiger partial charge in [-0.1, -0.05) is 0 Å². The number of carbonyl (C=O) groups is 2. The van der Waals surface area contributed by atoms with Crippen molar-refractivity contribution in [2.45, 2.75) is 19.4 Å². The molecule has 1 N–H and O–H groups in total. The second-order valence-electron chi connectivity index (χ2n) is 3.48. The van der Waals surface area contributed by atoms with Crippen LogP contribution in [0.2, 0.25) is 0 Å². The molecule has 1 rings (SSSR count). The molecule has 0 radical (unpaired) electrons. The van der Waals surface area contributed by atoms with Gasteiger partial charge in [-0.05, 0) is 25.5 Å². The third kappa shape index (κ3) is 3.51. The maximum Gasteiger partial charge on any atom is 0.287 e. The van der Waals surface area contributed by atoms with E-state index < -0.39 is 0 Å². The van der Waals surface area contributed by atoms with Crippen molar-refractivity contribution in [3.63, 3.8) is 0 Å². The molecule has 0 aliphatic rings. The summed E-state index contributed by atoms with van der Waals surface area (Å²) in [4.78, 5) is 21.9. The summed E-state index contributed by atoms with van der Waals surface area (Å²) in [6.45, 7) is 2.46. The standard InChI is InChI=1S/C11H15NO4/c1-8(5-6-15-2)12-11(14)10-4-3-9(7-13)16-10/h3-4,7-8H,5-6H2,1-2H3,(H,12,14). The monoisotopic (exact) mass is 225 g/mol. The fraction of sp³-hybridized carbons (Fsp3) is 0.455. The first-order valence-corrected chi connectivity index (χ1v) is 5.02. The van der Waals surface area contributed by atoms with Crippen molar-refractivity contribution in [1.82, 2.24) is 5.32 Å². The lowest BCUT2D eigenvalue weighted by Gasteiger charge is -2.11. The van der Waals surface area contributed by atoms with Gasteiger partial charge in [0, 0.05) is 19.8 Å². The van der Waals surface area contributed by atoms with Gasteiger partial charge in [-0.3, -0.25) is 9.59 Å². The van der Waals surface area contributed by atoms with Crippen LogP contribution in [0, 0.1) is 0 Å². The highest BCUT2D eigenvalue weighted by Crippen LogP contribution is 2.06. The molecular weight excluding hydrogens is 210 g/mol. The van der Waals surface area contributed by atoms with E-state index in [4.69, 9.17) is 9.15 Å². The van der Waals surface area contributed by atoms with Crippen molar-refractivity contribution in [2.24, 2.45) is 0 Å². The Labute approximate surface area is 93.8 Å². The molecular formula is C11H15NO4. The lowest BCUT2D eigenvalue weighted by atomic mass is 10.2. The van der Waals surface area contributed by atoms with Crippen LogP contribution in [-0.4, -0.2) is 32.0 Å². The van der Waals surface area contributed by atoms with Crippen LogP contribution < -0.4 is 5.32 Å². The summed E-state index contributed by atoms with van der Waals surface area (Å²) in [7, 11) is 1.61. The van der Waals surface area contributed by atoms with Crippen LogP contribution in [0.25, 0.3) is 0 Å². The summed E-state index contributed by atoms with van der Waals surface area (Å²) >= 11 is 0. The molecule has 0 aliphatic heterocycles. The van der Waals surface area contributed by atoms with E-state index in [2.05, 4.69) is 5.32 Å². The van der Waals surface area contributed by atoms with Crippen molar-refractivity contribution in [3.05, 3.63) is 23.7 Å². The number of hydrogen-bond donors (Lipinski definition) is 1. The van der Waals surface area contributed by atoms with Gasteiger partial charge in [-0.15, -0.1) is 0 Å². The molecule has 1 aromatic rings. The van der Waals surface area contributed by atoms with Crippen LogP contribution in [0.1, 0.15) is 34.5 Å². The third-order valence-electron chi connectivity index (χ3n) is 2.10. The molecule has 5 nitrogen and oxygen atoms in total. The van der Waals surface area contributed by atoms with Crippen LogP contribution in [0.5, 0.6) is 0 Å². The average Bonchev–Trinajstić information content (AvgIpc) is 2.74. The number of rotatable bonds is 6. The number of methoxy groups -OCH3 is 1. The van der Waals surface area contributed by atoms with Crippen molar-refractivity contribution in [1.29, 1.82) is 0 Å². The van der Waals surface area contributed by atoms with Crippen LogP contribution in [0.15, 0.2) is 16.5 Å². The molecule has 0 aromatic carbocycles. The summed E-state index contributed by atoms with van der Waals surface area (Å²) in [6.07, 6.45) is 1.29. The molecule has 0 saturated heterocycles. The molecule has 5 heteroatoms. The van der Waals surface area contributed by atoms with E-state index in [1.165, 1.54) is 12.1 Å². The third-order valence-corrected chi connectivity index (χ3v) is 2.10. The van der Waals surface area contributed by atoms with Gasteiger partial charge in [-0.2, -0.15) is 0 Å². The van der Waals surface area contributed by atoms with E-state index in [0.717, 1.165) is 6.42 Å². The lowest BCUT2D eigenvalue weighted by Crippen LogP contribution is -2.33. The minimum Gasteiger partial charge on any atom is -0.448 e. The van der Waals surface area contributed by atoms with Crippen LogP contribution in [0.4, 0.5) is 0 Å². The maximum atomic E-state index is 11.6. The second kappa shape index (κ2) is 6.07. The molecule has 1 heterocycles. The van der Waals surface area contributed by atoms with E-state index in [0.29, 0.717) is 12.9 Å². The molecule has 0 bridgehead atoms. The first-order chi connectivity index (χ1) is 7.67. The second-order valence-corrected chi connectivity index (χ2v) is 3.48. The minimum absolute atomic E-state index is 0.00256. The van der Waals surface area contributed by atoms with Gasteiger partial charge >= 0.3 is 0 Å². The lowest BCUT2D eigenvalue weighted by molar-refractivity contribution is 0.0899. The zero-order chi connectivity index (χ0) is 12.0.